The first-order valence-corrected chi connectivity index (χ1v) is 8.73. The quantitative estimate of drug-likeness (QED) is 0.848. The molecule has 0 heterocycles. The van der Waals surface area contributed by atoms with Crippen LogP contribution in [0.1, 0.15) is 5.56 Å². The molecule has 0 radical (unpaired) electrons. The molecule has 1 N–H and O–H groups in total. The standard InChI is InChI=1S/C14H12Cl3NO3S/c1-21-11-5-6-12(14(17)13(11)16)22(19,20)18-8-9-3-2-4-10(15)7-9/h2-7,18H,8H2,1H3. The van der Waals surface area contributed by atoms with Crippen molar-refractivity contribution in [1.29, 1.82) is 0 Å². The normalized spacial score (nSPS) is 11.5. The van der Waals surface area contributed by atoms with E-state index in [0.29, 0.717) is 10.8 Å². The van der Waals surface area contributed by atoms with E-state index in [2.05, 4.69) is 4.72 Å². The Hall–Kier alpha value is -0.980. The lowest BCUT2D eigenvalue weighted by Gasteiger charge is -2.11. The Bertz CT molecular complexity index is 794. The second kappa shape index (κ2) is 7.06. The summed E-state index contributed by atoms with van der Waals surface area (Å²) in [5.74, 6) is 0.306. The van der Waals surface area contributed by atoms with Crippen molar-refractivity contribution in [3.8, 4) is 5.75 Å². The van der Waals surface area contributed by atoms with Crippen molar-refractivity contribution in [2.75, 3.05) is 7.11 Å². The van der Waals surface area contributed by atoms with Crippen LogP contribution in [0.3, 0.4) is 0 Å². The molecule has 2 aromatic rings. The first-order valence-electron chi connectivity index (χ1n) is 6.11. The van der Waals surface area contributed by atoms with E-state index in [1.807, 2.05) is 0 Å². The summed E-state index contributed by atoms with van der Waals surface area (Å²) in [5.41, 5.74) is 0.729. The molecule has 0 aliphatic rings. The molecule has 0 saturated carbocycles. The lowest BCUT2D eigenvalue weighted by atomic mass is 10.2. The topological polar surface area (TPSA) is 55.4 Å². The van der Waals surface area contributed by atoms with E-state index in [0.717, 1.165) is 5.56 Å². The maximum absolute atomic E-state index is 12.3. The van der Waals surface area contributed by atoms with Gasteiger partial charge in [0.25, 0.3) is 0 Å². The number of hydrogen-bond donors (Lipinski definition) is 1. The average molecular weight is 381 g/mol. The fourth-order valence-corrected chi connectivity index (χ4v) is 3.85. The highest BCUT2D eigenvalue weighted by Crippen LogP contribution is 2.36. The zero-order chi connectivity index (χ0) is 16.3. The minimum Gasteiger partial charge on any atom is -0.495 e. The molecule has 0 unspecified atom stereocenters. The second-order valence-corrected chi connectivity index (χ2v) is 7.28. The second-order valence-electron chi connectivity index (χ2n) is 4.35. The fourth-order valence-electron chi connectivity index (χ4n) is 1.78. The Labute approximate surface area is 144 Å². The van der Waals surface area contributed by atoms with Crippen molar-refractivity contribution in [1.82, 2.24) is 4.72 Å². The number of sulfonamides is 1. The molecule has 2 aromatic carbocycles. The van der Waals surface area contributed by atoms with Crippen LogP contribution in [0.5, 0.6) is 5.75 Å². The summed E-state index contributed by atoms with van der Waals surface area (Å²) in [7, 11) is -2.39. The van der Waals surface area contributed by atoms with Crippen molar-refractivity contribution in [3.05, 3.63) is 57.0 Å². The average Bonchev–Trinajstić information content (AvgIpc) is 2.48. The highest BCUT2D eigenvalue weighted by Gasteiger charge is 2.21. The Morgan fingerprint density at radius 3 is 2.45 bits per heavy atom. The van der Waals surface area contributed by atoms with E-state index in [1.54, 1.807) is 24.3 Å². The van der Waals surface area contributed by atoms with E-state index in [4.69, 9.17) is 39.5 Å². The predicted molar refractivity (Wildman–Crippen MR) is 88.5 cm³/mol. The first kappa shape index (κ1) is 17.4. The molecule has 118 valence electrons. The molecule has 0 aliphatic carbocycles. The molecule has 0 fully saturated rings. The van der Waals surface area contributed by atoms with Crippen molar-refractivity contribution >= 4 is 44.8 Å². The molecule has 4 nitrogen and oxygen atoms in total. The summed E-state index contributed by atoms with van der Waals surface area (Å²) in [6, 6.07) is 9.67. The predicted octanol–water partition coefficient (Wildman–Crippen LogP) is 4.13. The van der Waals surface area contributed by atoms with Gasteiger partial charge < -0.3 is 4.74 Å². The third-order valence-corrected chi connectivity index (χ3v) is 5.53. The van der Waals surface area contributed by atoms with Gasteiger partial charge in [-0.25, -0.2) is 13.1 Å². The van der Waals surface area contributed by atoms with Gasteiger partial charge in [-0.15, -0.1) is 0 Å². The Morgan fingerprint density at radius 1 is 1.09 bits per heavy atom. The highest BCUT2D eigenvalue weighted by molar-refractivity contribution is 7.89. The van der Waals surface area contributed by atoms with E-state index in [1.165, 1.54) is 19.2 Å². The summed E-state index contributed by atoms with van der Waals surface area (Å²) in [6.07, 6.45) is 0. The maximum atomic E-state index is 12.3. The van der Waals surface area contributed by atoms with Gasteiger partial charge >= 0.3 is 0 Å². The molecule has 0 amide bonds. The molecule has 0 aliphatic heterocycles. The maximum Gasteiger partial charge on any atom is 0.242 e. The van der Waals surface area contributed by atoms with Gasteiger partial charge in [-0.1, -0.05) is 46.9 Å². The summed E-state index contributed by atoms with van der Waals surface area (Å²) < 4.78 is 32.1. The van der Waals surface area contributed by atoms with Crippen LogP contribution < -0.4 is 9.46 Å². The van der Waals surface area contributed by atoms with Crippen molar-refractivity contribution in [3.63, 3.8) is 0 Å². The lowest BCUT2D eigenvalue weighted by molar-refractivity contribution is 0.414. The van der Waals surface area contributed by atoms with Crippen molar-refractivity contribution in [2.45, 2.75) is 11.4 Å². The van der Waals surface area contributed by atoms with E-state index >= 15 is 0 Å². The number of benzene rings is 2. The van der Waals surface area contributed by atoms with Crippen LogP contribution in [0, 0.1) is 0 Å². The summed E-state index contributed by atoms with van der Waals surface area (Å²) in [6.45, 7) is 0.0862. The molecule has 0 bridgehead atoms. The first-order chi connectivity index (χ1) is 10.3. The fraction of sp³-hybridized carbons (Fsp3) is 0.143. The van der Waals surface area contributed by atoms with Crippen molar-refractivity contribution < 1.29 is 13.2 Å². The molecule has 0 saturated heterocycles. The minimum atomic E-state index is -3.81. The largest absolute Gasteiger partial charge is 0.495 e. The third-order valence-electron chi connectivity index (χ3n) is 2.88. The third kappa shape index (κ3) is 3.86. The Kier molecular flexibility index (Phi) is 5.58. The van der Waals surface area contributed by atoms with Gasteiger partial charge in [-0.05, 0) is 29.8 Å². The van der Waals surface area contributed by atoms with Gasteiger partial charge in [0.1, 0.15) is 15.7 Å². The van der Waals surface area contributed by atoms with Crippen LogP contribution in [-0.4, -0.2) is 15.5 Å². The number of methoxy groups -OCH3 is 1. The van der Waals surface area contributed by atoms with Crippen LogP contribution >= 0.6 is 34.8 Å². The molecule has 22 heavy (non-hydrogen) atoms. The van der Waals surface area contributed by atoms with Crippen LogP contribution in [0.2, 0.25) is 15.1 Å². The summed E-state index contributed by atoms with van der Waals surface area (Å²) >= 11 is 17.9. The van der Waals surface area contributed by atoms with Crippen LogP contribution in [0.25, 0.3) is 0 Å². The van der Waals surface area contributed by atoms with Gasteiger partial charge in [0, 0.05) is 11.6 Å². The van der Waals surface area contributed by atoms with Gasteiger partial charge in [-0.2, -0.15) is 0 Å². The van der Waals surface area contributed by atoms with Gasteiger partial charge in [0.2, 0.25) is 10.0 Å². The Balaban J connectivity index is 2.26. The molecular formula is C14H12Cl3NO3S. The molecular weight excluding hydrogens is 369 g/mol. The van der Waals surface area contributed by atoms with Crippen LogP contribution in [0.15, 0.2) is 41.3 Å². The van der Waals surface area contributed by atoms with E-state index in [9.17, 15) is 8.42 Å². The Morgan fingerprint density at radius 2 is 1.82 bits per heavy atom. The van der Waals surface area contributed by atoms with Gasteiger partial charge in [0.15, 0.2) is 0 Å². The zero-order valence-corrected chi connectivity index (χ0v) is 14.5. The molecule has 0 spiro atoms. The number of nitrogens with one attached hydrogen (secondary N) is 1. The van der Waals surface area contributed by atoms with E-state index < -0.39 is 10.0 Å². The molecule has 8 heteroatoms. The van der Waals surface area contributed by atoms with Crippen LogP contribution in [0.4, 0.5) is 0 Å². The highest BCUT2D eigenvalue weighted by atomic mass is 35.5. The minimum absolute atomic E-state index is 0.0507. The van der Waals surface area contributed by atoms with Crippen LogP contribution in [-0.2, 0) is 16.6 Å². The number of rotatable bonds is 5. The van der Waals surface area contributed by atoms with Gasteiger partial charge in [-0.3, -0.25) is 0 Å². The number of halogens is 3. The number of ether oxygens (including phenoxy) is 1. The monoisotopic (exact) mass is 379 g/mol. The van der Waals surface area contributed by atoms with Gasteiger partial charge in [0.05, 0.1) is 12.1 Å². The zero-order valence-electron chi connectivity index (χ0n) is 11.4. The molecule has 0 atom stereocenters. The lowest BCUT2D eigenvalue weighted by Crippen LogP contribution is -2.23. The van der Waals surface area contributed by atoms with Crippen molar-refractivity contribution in [2.24, 2.45) is 0 Å². The number of hydrogen-bond acceptors (Lipinski definition) is 3. The SMILES string of the molecule is COc1ccc(S(=O)(=O)NCc2cccc(Cl)c2)c(Cl)c1Cl. The summed E-state index contributed by atoms with van der Waals surface area (Å²) in [4.78, 5) is -0.109. The van der Waals surface area contributed by atoms with E-state index in [-0.39, 0.29) is 21.5 Å². The molecule has 0 aromatic heterocycles. The molecule has 2 rings (SSSR count). The summed E-state index contributed by atoms with van der Waals surface area (Å²) in [5, 5.41) is 0.497. The smallest absolute Gasteiger partial charge is 0.242 e.